The summed E-state index contributed by atoms with van der Waals surface area (Å²) in [7, 11) is 0. The monoisotopic (exact) mass is 327 g/mol. The summed E-state index contributed by atoms with van der Waals surface area (Å²) in [6.07, 6.45) is 5.65. The number of rotatable bonds is 6. The minimum Gasteiger partial charge on any atom is -0.303 e. The zero-order valence-corrected chi connectivity index (χ0v) is 14.1. The molecule has 1 aromatic carbocycles. The van der Waals surface area contributed by atoms with Crippen LogP contribution >= 0.6 is 23.2 Å². The third-order valence-corrected chi connectivity index (χ3v) is 5.13. The van der Waals surface area contributed by atoms with Gasteiger partial charge in [0.2, 0.25) is 0 Å². The second-order valence-electron chi connectivity index (χ2n) is 5.85. The maximum Gasteiger partial charge on any atom is 0.165 e. The van der Waals surface area contributed by atoms with Crippen molar-refractivity contribution in [2.75, 3.05) is 19.6 Å². The van der Waals surface area contributed by atoms with Crippen molar-refractivity contribution in [3.63, 3.8) is 0 Å². The lowest BCUT2D eigenvalue weighted by Gasteiger charge is -2.31. The molecule has 1 heterocycles. The molecule has 116 valence electrons. The van der Waals surface area contributed by atoms with Gasteiger partial charge in [0.25, 0.3) is 0 Å². The molecule has 1 saturated heterocycles. The van der Waals surface area contributed by atoms with Gasteiger partial charge in [-0.25, -0.2) is 0 Å². The lowest BCUT2D eigenvalue weighted by atomic mass is 9.92. The van der Waals surface area contributed by atoms with Crippen LogP contribution in [0.25, 0.3) is 0 Å². The Morgan fingerprint density at radius 2 is 2.00 bits per heavy atom. The smallest absolute Gasteiger partial charge is 0.165 e. The van der Waals surface area contributed by atoms with Crippen LogP contribution in [0.15, 0.2) is 18.2 Å². The van der Waals surface area contributed by atoms with Gasteiger partial charge in [-0.15, -0.1) is 0 Å². The van der Waals surface area contributed by atoms with E-state index in [1.54, 1.807) is 18.2 Å². The van der Waals surface area contributed by atoms with Gasteiger partial charge in [0.1, 0.15) is 0 Å². The largest absolute Gasteiger partial charge is 0.303 e. The van der Waals surface area contributed by atoms with Gasteiger partial charge < -0.3 is 4.90 Å². The number of Topliss-reactive ketones (excluding diaryl/α,β-unsaturated/α-hetero) is 1. The molecule has 2 rings (SSSR count). The molecule has 1 aliphatic heterocycles. The van der Waals surface area contributed by atoms with E-state index in [9.17, 15) is 4.79 Å². The first-order valence-corrected chi connectivity index (χ1v) is 8.57. The van der Waals surface area contributed by atoms with Gasteiger partial charge in [-0.3, -0.25) is 4.79 Å². The summed E-state index contributed by atoms with van der Waals surface area (Å²) in [6.45, 7) is 5.29. The molecule has 0 spiro atoms. The van der Waals surface area contributed by atoms with Crippen molar-refractivity contribution >= 4 is 29.0 Å². The van der Waals surface area contributed by atoms with E-state index in [0.717, 1.165) is 25.6 Å². The zero-order valence-electron chi connectivity index (χ0n) is 12.6. The molecular weight excluding hydrogens is 305 g/mol. The van der Waals surface area contributed by atoms with Crippen molar-refractivity contribution in [2.24, 2.45) is 5.92 Å². The average molecular weight is 328 g/mol. The summed E-state index contributed by atoms with van der Waals surface area (Å²) in [4.78, 5) is 14.6. The summed E-state index contributed by atoms with van der Waals surface area (Å²) < 4.78 is 0. The Kier molecular flexibility index (Phi) is 6.53. The summed E-state index contributed by atoms with van der Waals surface area (Å²) in [5, 5.41) is 0.828. The molecule has 0 aliphatic carbocycles. The van der Waals surface area contributed by atoms with Crippen LogP contribution in [-0.2, 0) is 0 Å². The van der Waals surface area contributed by atoms with Crippen molar-refractivity contribution in [2.45, 2.75) is 39.0 Å². The Labute approximate surface area is 137 Å². The van der Waals surface area contributed by atoms with E-state index in [1.165, 1.54) is 25.7 Å². The highest BCUT2D eigenvalue weighted by Crippen LogP contribution is 2.27. The summed E-state index contributed by atoms with van der Waals surface area (Å²) in [5.41, 5.74) is 0.546. The van der Waals surface area contributed by atoms with Gasteiger partial charge in [-0.05, 0) is 44.0 Å². The van der Waals surface area contributed by atoms with Crippen LogP contribution in [0.3, 0.4) is 0 Å². The van der Waals surface area contributed by atoms with E-state index in [0.29, 0.717) is 22.0 Å². The van der Waals surface area contributed by atoms with E-state index in [4.69, 9.17) is 23.2 Å². The quantitative estimate of drug-likeness (QED) is 0.679. The predicted molar refractivity (Wildman–Crippen MR) is 89.5 cm³/mol. The maximum atomic E-state index is 12.3. The lowest BCUT2D eigenvalue weighted by Crippen LogP contribution is -2.35. The van der Waals surface area contributed by atoms with E-state index in [-0.39, 0.29) is 5.78 Å². The topological polar surface area (TPSA) is 20.3 Å². The van der Waals surface area contributed by atoms with E-state index < -0.39 is 0 Å². The molecule has 1 aliphatic rings. The second-order valence-corrected chi connectivity index (χ2v) is 6.63. The minimum atomic E-state index is 0.0816. The fraction of sp³-hybridized carbons (Fsp3) is 0.588. The van der Waals surface area contributed by atoms with Gasteiger partial charge in [-0.2, -0.15) is 0 Å². The Morgan fingerprint density at radius 1 is 1.29 bits per heavy atom. The number of carbonyl (C=O) groups excluding carboxylic acids is 1. The fourth-order valence-corrected chi connectivity index (χ4v) is 3.43. The van der Waals surface area contributed by atoms with Crippen molar-refractivity contribution in [3.8, 4) is 0 Å². The average Bonchev–Trinajstić information content (AvgIpc) is 2.49. The first-order chi connectivity index (χ1) is 10.1. The van der Waals surface area contributed by atoms with Crippen LogP contribution < -0.4 is 0 Å². The Bertz CT molecular complexity index is 482. The lowest BCUT2D eigenvalue weighted by molar-refractivity contribution is 0.0950. The Morgan fingerprint density at radius 3 is 2.67 bits per heavy atom. The van der Waals surface area contributed by atoms with E-state index >= 15 is 0 Å². The number of carbonyl (C=O) groups is 1. The molecule has 0 N–H and O–H groups in total. The molecule has 21 heavy (non-hydrogen) atoms. The number of piperidine rings is 1. The molecule has 1 aromatic rings. The van der Waals surface area contributed by atoms with Gasteiger partial charge in [-0.1, -0.05) is 49.0 Å². The molecule has 0 aromatic heterocycles. The second kappa shape index (κ2) is 8.17. The van der Waals surface area contributed by atoms with Crippen LogP contribution in [0.2, 0.25) is 10.0 Å². The van der Waals surface area contributed by atoms with Gasteiger partial charge in [0, 0.05) is 18.5 Å². The normalized spacial score (nSPS) is 17.1. The number of benzene rings is 1. The first-order valence-electron chi connectivity index (χ1n) is 7.81. The maximum absolute atomic E-state index is 12.3. The summed E-state index contributed by atoms with van der Waals surface area (Å²) in [6, 6.07) is 5.24. The molecule has 2 nitrogen and oxygen atoms in total. The summed E-state index contributed by atoms with van der Waals surface area (Å²) in [5.74, 6) is 0.961. The molecule has 0 bridgehead atoms. The molecule has 0 unspecified atom stereocenters. The van der Waals surface area contributed by atoms with Crippen LogP contribution in [0.1, 0.15) is 49.4 Å². The molecule has 0 saturated carbocycles. The molecule has 0 amide bonds. The standard InChI is InChI=1S/C17H23Cl2NO/c1-2-4-13-7-10-20(11-8-13)12-9-16(21)14-5-3-6-15(18)17(14)19/h3,5-6,13H,2,4,7-12H2,1H3. The van der Waals surface area contributed by atoms with Gasteiger partial charge in [0.15, 0.2) is 5.78 Å². The van der Waals surface area contributed by atoms with Gasteiger partial charge in [0.05, 0.1) is 10.0 Å². The number of nitrogens with zero attached hydrogens (tertiary/aromatic N) is 1. The van der Waals surface area contributed by atoms with Gasteiger partial charge >= 0.3 is 0 Å². The number of ketones is 1. The highest BCUT2D eigenvalue weighted by Gasteiger charge is 2.20. The van der Waals surface area contributed by atoms with E-state index in [2.05, 4.69) is 11.8 Å². The minimum absolute atomic E-state index is 0.0816. The number of hydrogen-bond acceptors (Lipinski definition) is 2. The highest BCUT2D eigenvalue weighted by atomic mass is 35.5. The third-order valence-electron chi connectivity index (χ3n) is 4.31. The van der Waals surface area contributed by atoms with Crippen LogP contribution in [-0.4, -0.2) is 30.3 Å². The van der Waals surface area contributed by atoms with Crippen molar-refractivity contribution < 1.29 is 4.79 Å². The number of halogens is 2. The Balaban J connectivity index is 1.81. The predicted octanol–water partition coefficient (Wildman–Crippen LogP) is 5.08. The third kappa shape index (κ3) is 4.70. The Hall–Kier alpha value is -0.570. The summed E-state index contributed by atoms with van der Waals surface area (Å²) >= 11 is 12.1. The van der Waals surface area contributed by atoms with Crippen LogP contribution in [0, 0.1) is 5.92 Å². The van der Waals surface area contributed by atoms with Crippen LogP contribution in [0.4, 0.5) is 0 Å². The van der Waals surface area contributed by atoms with Crippen molar-refractivity contribution in [3.05, 3.63) is 33.8 Å². The SMILES string of the molecule is CCCC1CCN(CCC(=O)c2cccc(Cl)c2Cl)CC1. The fourth-order valence-electron chi connectivity index (χ4n) is 3.02. The zero-order chi connectivity index (χ0) is 15.2. The van der Waals surface area contributed by atoms with Crippen molar-refractivity contribution in [1.82, 2.24) is 4.90 Å². The molecule has 0 atom stereocenters. The molecule has 0 radical (unpaired) electrons. The van der Waals surface area contributed by atoms with Crippen molar-refractivity contribution in [1.29, 1.82) is 0 Å². The first kappa shape index (κ1) is 16.8. The molecule has 4 heteroatoms. The van der Waals surface area contributed by atoms with Crippen LogP contribution in [0.5, 0.6) is 0 Å². The van der Waals surface area contributed by atoms with E-state index in [1.807, 2.05) is 0 Å². The highest BCUT2D eigenvalue weighted by molar-refractivity contribution is 6.43. The molecule has 1 fully saturated rings. The number of likely N-dealkylation sites (tertiary alicyclic amines) is 1. The molecular formula is C17H23Cl2NO. The number of hydrogen-bond donors (Lipinski definition) is 0.